The summed E-state index contributed by atoms with van der Waals surface area (Å²) < 4.78 is 1.88. The average Bonchev–Trinajstić information content (AvgIpc) is 2.95. The van der Waals surface area contributed by atoms with Crippen molar-refractivity contribution in [3.8, 4) is 11.4 Å². The molecule has 3 N–H and O–H groups in total. The number of aromatic carboxylic acids is 1. The normalized spacial score (nSPS) is 11.0. The maximum Gasteiger partial charge on any atom is 0.337 e. The lowest BCUT2D eigenvalue weighted by Gasteiger charge is -2.11. The summed E-state index contributed by atoms with van der Waals surface area (Å²) in [7, 11) is 0. The number of aromatic hydroxyl groups is 1. The van der Waals surface area contributed by atoms with E-state index >= 15 is 0 Å². The van der Waals surface area contributed by atoms with Crippen LogP contribution >= 0.6 is 11.6 Å². The van der Waals surface area contributed by atoms with Gasteiger partial charge in [0.25, 0.3) is 5.91 Å². The van der Waals surface area contributed by atoms with Crippen LogP contribution in [0.15, 0.2) is 53.6 Å². The first-order chi connectivity index (χ1) is 13.8. The van der Waals surface area contributed by atoms with Crippen molar-refractivity contribution in [3.63, 3.8) is 0 Å². The third-order valence-electron chi connectivity index (χ3n) is 4.39. The highest BCUT2D eigenvalue weighted by atomic mass is 35.5. The van der Waals surface area contributed by atoms with Crippen molar-refractivity contribution in [1.82, 2.24) is 9.99 Å². The molecule has 0 aliphatic carbocycles. The van der Waals surface area contributed by atoms with Crippen molar-refractivity contribution in [2.24, 2.45) is 5.10 Å². The molecule has 0 fully saturated rings. The second-order valence-electron chi connectivity index (χ2n) is 6.38. The Balaban J connectivity index is 1.84. The summed E-state index contributed by atoms with van der Waals surface area (Å²) in [6, 6.07) is 12.6. The molecule has 1 amide bonds. The predicted octanol–water partition coefficient (Wildman–Crippen LogP) is 3.92. The zero-order chi connectivity index (χ0) is 21.1. The number of hydrogen-bond donors (Lipinski definition) is 3. The number of nitrogens with one attached hydrogen (secondary N) is 1. The van der Waals surface area contributed by atoms with E-state index in [1.54, 1.807) is 24.3 Å². The van der Waals surface area contributed by atoms with Crippen molar-refractivity contribution < 1.29 is 19.8 Å². The monoisotopic (exact) mass is 411 g/mol. The number of carboxylic acid groups (broad SMARTS) is 1. The number of hydrazone groups is 1. The van der Waals surface area contributed by atoms with Crippen LogP contribution in [0.1, 0.15) is 37.7 Å². The van der Waals surface area contributed by atoms with Crippen LogP contribution in [0, 0.1) is 13.8 Å². The molecule has 0 saturated carbocycles. The fourth-order valence-corrected chi connectivity index (χ4v) is 3.20. The van der Waals surface area contributed by atoms with Gasteiger partial charge in [0.15, 0.2) is 0 Å². The number of hydrogen-bond acceptors (Lipinski definition) is 4. The maximum atomic E-state index is 12.1. The largest absolute Gasteiger partial charge is 0.508 e. The molecule has 1 aromatic heterocycles. The Morgan fingerprint density at radius 2 is 1.90 bits per heavy atom. The Morgan fingerprint density at radius 1 is 1.14 bits per heavy atom. The first-order valence-corrected chi connectivity index (χ1v) is 9.00. The Morgan fingerprint density at radius 3 is 2.59 bits per heavy atom. The van der Waals surface area contributed by atoms with Crippen LogP contribution in [-0.2, 0) is 0 Å². The highest BCUT2D eigenvalue weighted by Crippen LogP contribution is 2.24. The van der Waals surface area contributed by atoms with Crippen LogP contribution in [-0.4, -0.2) is 32.9 Å². The standard InChI is InChI=1S/C21H18ClN3O4/c1-12-8-15(11-23-24-20(27)14-4-3-5-17(26)9-14)13(2)25(12)16-6-7-19(22)18(10-16)21(28)29/h3-11,26H,1-2H3,(H,24,27)(H,28,29)/b23-11+. The number of amides is 1. The molecule has 148 valence electrons. The average molecular weight is 412 g/mol. The Kier molecular flexibility index (Phi) is 5.70. The van der Waals surface area contributed by atoms with Crippen LogP contribution in [0.2, 0.25) is 5.02 Å². The van der Waals surface area contributed by atoms with Gasteiger partial charge in [-0.1, -0.05) is 17.7 Å². The lowest BCUT2D eigenvalue weighted by Crippen LogP contribution is -2.17. The Bertz CT molecular complexity index is 1130. The van der Waals surface area contributed by atoms with E-state index in [1.165, 1.54) is 24.4 Å². The molecule has 2 aromatic carbocycles. The summed E-state index contributed by atoms with van der Waals surface area (Å²) in [4.78, 5) is 23.4. The number of carboxylic acids is 1. The third kappa shape index (κ3) is 4.30. The molecule has 1 heterocycles. The molecule has 7 nitrogen and oxygen atoms in total. The molecule has 0 aliphatic heterocycles. The molecule has 0 saturated heterocycles. The number of aryl methyl sites for hydroxylation is 1. The van der Waals surface area contributed by atoms with Gasteiger partial charge in [0, 0.05) is 28.2 Å². The molecule has 3 rings (SSSR count). The smallest absolute Gasteiger partial charge is 0.337 e. The van der Waals surface area contributed by atoms with E-state index in [-0.39, 0.29) is 21.9 Å². The molecular weight excluding hydrogens is 394 g/mol. The molecule has 0 spiro atoms. The molecule has 0 aliphatic rings. The molecule has 0 bridgehead atoms. The fourth-order valence-electron chi connectivity index (χ4n) is 3.00. The zero-order valence-electron chi connectivity index (χ0n) is 15.7. The minimum atomic E-state index is -1.10. The summed E-state index contributed by atoms with van der Waals surface area (Å²) in [6.45, 7) is 3.74. The van der Waals surface area contributed by atoms with Crippen molar-refractivity contribution in [1.29, 1.82) is 0 Å². The van der Waals surface area contributed by atoms with Gasteiger partial charge in [0.05, 0.1) is 16.8 Å². The number of aromatic nitrogens is 1. The summed E-state index contributed by atoms with van der Waals surface area (Å²) in [5.74, 6) is -1.56. The number of rotatable bonds is 5. The molecule has 0 unspecified atom stereocenters. The van der Waals surface area contributed by atoms with Gasteiger partial charge in [-0.15, -0.1) is 0 Å². The first kappa shape index (κ1) is 20.2. The first-order valence-electron chi connectivity index (χ1n) is 8.62. The van der Waals surface area contributed by atoms with Gasteiger partial charge in [0.2, 0.25) is 0 Å². The number of carbonyl (C=O) groups is 2. The molecule has 0 atom stereocenters. The molecule has 3 aromatic rings. The number of carbonyl (C=O) groups excluding carboxylic acids is 1. The van der Waals surface area contributed by atoms with E-state index in [2.05, 4.69) is 10.5 Å². The van der Waals surface area contributed by atoms with Crippen molar-refractivity contribution in [2.45, 2.75) is 13.8 Å². The summed E-state index contributed by atoms with van der Waals surface area (Å²) in [6.07, 6.45) is 1.51. The lowest BCUT2D eigenvalue weighted by molar-refractivity contribution is 0.0696. The van der Waals surface area contributed by atoms with E-state index < -0.39 is 11.9 Å². The van der Waals surface area contributed by atoms with Gasteiger partial charge in [-0.3, -0.25) is 4.79 Å². The second-order valence-corrected chi connectivity index (χ2v) is 6.79. The van der Waals surface area contributed by atoms with Crippen LogP contribution in [0.3, 0.4) is 0 Å². The number of benzene rings is 2. The van der Waals surface area contributed by atoms with E-state index in [0.717, 1.165) is 17.0 Å². The highest BCUT2D eigenvalue weighted by Gasteiger charge is 2.14. The topological polar surface area (TPSA) is 104 Å². The Labute approximate surface area is 171 Å². The van der Waals surface area contributed by atoms with Crippen LogP contribution < -0.4 is 5.43 Å². The third-order valence-corrected chi connectivity index (χ3v) is 4.72. The van der Waals surface area contributed by atoms with Crippen molar-refractivity contribution in [3.05, 3.63) is 81.6 Å². The number of nitrogens with zero attached hydrogens (tertiary/aromatic N) is 2. The summed E-state index contributed by atoms with van der Waals surface area (Å²) in [5, 5.41) is 22.9. The van der Waals surface area contributed by atoms with E-state index in [4.69, 9.17) is 11.6 Å². The minimum Gasteiger partial charge on any atom is -0.508 e. The minimum absolute atomic E-state index is 0.00568. The van der Waals surface area contributed by atoms with Crippen molar-refractivity contribution in [2.75, 3.05) is 0 Å². The molecule has 8 heteroatoms. The Hall–Kier alpha value is -3.58. The molecular formula is C21H18ClN3O4. The number of halogens is 1. The summed E-state index contributed by atoms with van der Waals surface area (Å²) in [5.41, 5.74) is 5.81. The number of phenolic OH excluding ortho intramolecular Hbond substituents is 1. The van der Waals surface area contributed by atoms with E-state index in [1.807, 2.05) is 24.5 Å². The van der Waals surface area contributed by atoms with Gasteiger partial charge in [-0.25, -0.2) is 10.2 Å². The zero-order valence-corrected chi connectivity index (χ0v) is 16.4. The number of phenols is 1. The summed E-state index contributed by atoms with van der Waals surface area (Å²) >= 11 is 5.95. The van der Waals surface area contributed by atoms with Gasteiger partial charge in [-0.2, -0.15) is 5.10 Å². The van der Waals surface area contributed by atoms with E-state index in [9.17, 15) is 19.8 Å². The molecule has 0 radical (unpaired) electrons. The maximum absolute atomic E-state index is 12.1. The van der Waals surface area contributed by atoms with Gasteiger partial charge in [-0.05, 0) is 56.3 Å². The van der Waals surface area contributed by atoms with E-state index in [0.29, 0.717) is 5.69 Å². The van der Waals surface area contributed by atoms with Gasteiger partial charge >= 0.3 is 5.97 Å². The van der Waals surface area contributed by atoms with Crippen molar-refractivity contribution >= 4 is 29.7 Å². The van der Waals surface area contributed by atoms with Crippen LogP contribution in [0.25, 0.3) is 5.69 Å². The van der Waals surface area contributed by atoms with Gasteiger partial charge in [0.1, 0.15) is 5.75 Å². The van der Waals surface area contributed by atoms with Crippen LogP contribution in [0.5, 0.6) is 5.75 Å². The SMILES string of the molecule is Cc1cc(/C=N/NC(=O)c2cccc(O)c2)c(C)n1-c1ccc(Cl)c(C(=O)O)c1. The second kappa shape index (κ2) is 8.20. The quantitative estimate of drug-likeness (QED) is 0.437. The molecule has 29 heavy (non-hydrogen) atoms. The predicted molar refractivity (Wildman–Crippen MR) is 110 cm³/mol. The van der Waals surface area contributed by atoms with Crippen LogP contribution in [0.4, 0.5) is 0 Å². The highest BCUT2D eigenvalue weighted by molar-refractivity contribution is 6.33. The lowest BCUT2D eigenvalue weighted by atomic mass is 10.2. The van der Waals surface area contributed by atoms with Gasteiger partial charge < -0.3 is 14.8 Å². The fraction of sp³-hybridized carbons (Fsp3) is 0.0952.